The smallest absolute Gasteiger partial charge is 0.0410 e. The molecule has 2 radical (unpaired) electrons. The zero-order valence-corrected chi connectivity index (χ0v) is 12.0. The van der Waals surface area contributed by atoms with E-state index in [4.69, 9.17) is 0 Å². The van der Waals surface area contributed by atoms with Crippen molar-refractivity contribution in [2.75, 3.05) is 0 Å². The van der Waals surface area contributed by atoms with Crippen LogP contribution >= 0.6 is 0 Å². The van der Waals surface area contributed by atoms with E-state index in [0.717, 1.165) is 0 Å². The van der Waals surface area contributed by atoms with Crippen molar-refractivity contribution >= 4 is 16.6 Å². The lowest BCUT2D eigenvalue weighted by Crippen LogP contribution is -2.43. The van der Waals surface area contributed by atoms with Crippen molar-refractivity contribution in [3.8, 4) is 0 Å². The van der Waals surface area contributed by atoms with Gasteiger partial charge in [0.05, 0.1) is 0 Å². The minimum absolute atomic E-state index is 0.138. The van der Waals surface area contributed by atoms with E-state index in [1.54, 1.807) is 0 Å². The fourth-order valence-electron chi connectivity index (χ4n) is 1.12. The highest BCUT2D eigenvalue weighted by molar-refractivity contribution is 7.23. The highest BCUT2D eigenvalue weighted by Crippen LogP contribution is 2.36. The Morgan fingerprint density at radius 2 is 0.750 bits per heavy atom. The van der Waals surface area contributed by atoms with Crippen LogP contribution in [0, 0.1) is 0 Å². The SMILES string of the molecule is C[Si]([Si](C)C(C)(C)C)C(C)(C)C. The Bertz CT molecular complexity index is 121. The van der Waals surface area contributed by atoms with Crippen molar-refractivity contribution in [2.45, 2.75) is 64.7 Å². The van der Waals surface area contributed by atoms with E-state index < -0.39 is 0 Å². The zero-order valence-electron chi connectivity index (χ0n) is 10.0. The molecule has 0 fully saturated rings. The van der Waals surface area contributed by atoms with Gasteiger partial charge in [-0.15, -0.1) is 0 Å². The maximum Gasteiger partial charge on any atom is 0.0410 e. The minimum atomic E-state index is -0.138. The van der Waals surface area contributed by atoms with Gasteiger partial charge in [-0.3, -0.25) is 0 Å². The van der Waals surface area contributed by atoms with Crippen LogP contribution in [-0.4, -0.2) is 16.6 Å². The molecular weight excluding hydrogens is 176 g/mol. The molecule has 0 saturated carbocycles. The monoisotopic (exact) mass is 200 g/mol. The third-order valence-corrected chi connectivity index (χ3v) is 16.3. The summed E-state index contributed by atoms with van der Waals surface area (Å²) in [5, 5.41) is 1.17. The maximum atomic E-state index is 2.52. The molecule has 0 rings (SSSR count). The van der Waals surface area contributed by atoms with Crippen LogP contribution in [-0.2, 0) is 0 Å². The van der Waals surface area contributed by atoms with Crippen LogP contribution in [0.4, 0.5) is 0 Å². The Morgan fingerprint density at radius 1 is 0.583 bits per heavy atom. The second kappa shape index (κ2) is 3.66. The van der Waals surface area contributed by atoms with Crippen molar-refractivity contribution in [2.24, 2.45) is 0 Å². The largest absolute Gasteiger partial charge is 0.0729 e. The molecule has 72 valence electrons. The number of hydrogen-bond acceptors (Lipinski definition) is 0. The molecule has 0 aliphatic rings. The molecule has 0 saturated heterocycles. The Labute approximate surface area is 81.8 Å². The van der Waals surface area contributed by atoms with E-state index in [1.807, 2.05) is 0 Å². The summed E-state index contributed by atoms with van der Waals surface area (Å²) in [4.78, 5) is 0. The minimum Gasteiger partial charge on any atom is -0.0729 e. The highest BCUT2D eigenvalue weighted by Gasteiger charge is 2.34. The van der Waals surface area contributed by atoms with Crippen LogP contribution in [0.1, 0.15) is 41.5 Å². The van der Waals surface area contributed by atoms with Crippen molar-refractivity contribution in [1.29, 1.82) is 0 Å². The Hall–Kier alpha value is 0.434. The van der Waals surface area contributed by atoms with E-state index >= 15 is 0 Å². The molecule has 0 nitrogen and oxygen atoms in total. The summed E-state index contributed by atoms with van der Waals surface area (Å²) in [6, 6.07) is 0. The summed E-state index contributed by atoms with van der Waals surface area (Å²) >= 11 is 0. The van der Waals surface area contributed by atoms with Crippen molar-refractivity contribution in [1.82, 2.24) is 0 Å². The van der Waals surface area contributed by atoms with Crippen molar-refractivity contribution in [3.05, 3.63) is 0 Å². The third kappa shape index (κ3) is 3.44. The molecular formula is C10H24Si2. The first-order valence-corrected chi connectivity index (χ1v) is 9.75. The van der Waals surface area contributed by atoms with E-state index in [2.05, 4.69) is 54.6 Å². The predicted octanol–water partition coefficient (Wildman–Crippen LogP) is 3.91. The van der Waals surface area contributed by atoms with Crippen molar-refractivity contribution < 1.29 is 0 Å². The molecule has 0 spiro atoms. The van der Waals surface area contributed by atoms with E-state index in [1.165, 1.54) is 0 Å². The van der Waals surface area contributed by atoms with Gasteiger partial charge in [0.25, 0.3) is 0 Å². The van der Waals surface area contributed by atoms with Gasteiger partial charge in [0.2, 0.25) is 0 Å². The lowest BCUT2D eigenvalue weighted by Gasteiger charge is -2.37. The van der Waals surface area contributed by atoms with Gasteiger partial charge in [0.1, 0.15) is 0 Å². The molecule has 0 N–H and O–H groups in total. The molecule has 0 heterocycles. The molecule has 0 aliphatic carbocycles. The third-order valence-electron chi connectivity index (χ3n) is 2.81. The Balaban J connectivity index is 4.41. The van der Waals surface area contributed by atoms with Crippen molar-refractivity contribution in [3.63, 3.8) is 0 Å². The summed E-state index contributed by atoms with van der Waals surface area (Å²) in [6.07, 6.45) is 0. The summed E-state index contributed by atoms with van der Waals surface area (Å²) in [5.41, 5.74) is 0. The first-order chi connectivity index (χ1) is 5.07. The average molecular weight is 200 g/mol. The van der Waals surface area contributed by atoms with Gasteiger partial charge in [-0.25, -0.2) is 0 Å². The standard InChI is InChI=1S/C10H24Si2/c1-9(2,3)11(7)12(8)10(4,5)6/h1-8H3. The molecule has 0 aromatic heterocycles. The first-order valence-electron chi connectivity index (χ1n) is 4.75. The van der Waals surface area contributed by atoms with Gasteiger partial charge in [0.15, 0.2) is 0 Å². The van der Waals surface area contributed by atoms with Gasteiger partial charge in [-0.2, -0.15) is 0 Å². The summed E-state index contributed by atoms with van der Waals surface area (Å²) in [5.74, 6) is 0. The van der Waals surface area contributed by atoms with Crippen LogP contribution < -0.4 is 0 Å². The zero-order chi connectivity index (χ0) is 10.2. The van der Waals surface area contributed by atoms with Gasteiger partial charge in [-0.1, -0.05) is 54.6 Å². The highest BCUT2D eigenvalue weighted by atomic mass is 29.2. The summed E-state index contributed by atoms with van der Waals surface area (Å²) < 4.78 is 0. The molecule has 0 amide bonds. The second-order valence-electron chi connectivity index (χ2n) is 5.75. The van der Waals surface area contributed by atoms with Gasteiger partial charge < -0.3 is 0 Å². The Kier molecular flexibility index (Phi) is 3.80. The normalized spacial score (nSPS) is 14.5. The van der Waals surface area contributed by atoms with Crippen LogP contribution in [0.5, 0.6) is 0 Å². The molecule has 12 heavy (non-hydrogen) atoms. The average Bonchev–Trinajstić information content (AvgIpc) is 1.80. The molecule has 0 aromatic carbocycles. The molecule has 0 atom stereocenters. The maximum absolute atomic E-state index is 2.52. The quantitative estimate of drug-likeness (QED) is 0.563. The molecule has 0 aromatic rings. The molecule has 0 aliphatic heterocycles. The van der Waals surface area contributed by atoms with Crippen LogP contribution in [0.25, 0.3) is 0 Å². The lowest BCUT2D eigenvalue weighted by molar-refractivity contribution is 0.724. The number of hydrogen-bond donors (Lipinski definition) is 0. The second-order valence-corrected chi connectivity index (χ2v) is 15.8. The van der Waals surface area contributed by atoms with Gasteiger partial charge >= 0.3 is 0 Å². The first kappa shape index (κ1) is 12.4. The van der Waals surface area contributed by atoms with Crippen LogP contribution in [0.15, 0.2) is 0 Å². The van der Waals surface area contributed by atoms with Crippen LogP contribution in [0.2, 0.25) is 23.2 Å². The van der Waals surface area contributed by atoms with E-state index in [0.29, 0.717) is 10.1 Å². The number of rotatable bonds is 1. The fourth-order valence-corrected chi connectivity index (χ4v) is 10.1. The van der Waals surface area contributed by atoms with E-state index in [-0.39, 0.29) is 16.6 Å². The molecule has 0 unspecified atom stereocenters. The summed E-state index contributed by atoms with van der Waals surface area (Å²) in [6.45, 7) is 19.5. The van der Waals surface area contributed by atoms with E-state index in [9.17, 15) is 0 Å². The van der Waals surface area contributed by atoms with Gasteiger partial charge in [-0.05, 0) is 10.1 Å². The Morgan fingerprint density at radius 3 is 0.833 bits per heavy atom. The lowest BCUT2D eigenvalue weighted by atomic mass is 10.2. The fraction of sp³-hybridized carbons (Fsp3) is 1.00. The molecule has 2 heteroatoms. The molecule has 0 bridgehead atoms. The topological polar surface area (TPSA) is 0 Å². The van der Waals surface area contributed by atoms with Crippen LogP contribution in [0.3, 0.4) is 0 Å². The van der Waals surface area contributed by atoms with Gasteiger partial charge in [0, 0.05) is 16.6 Å². The predicted molar refractivity (Wildman–Crippen MR) is 62.7 cm³/mol. The summed E-state index contributed by atoms with van der Waals surface area (Å²) in [7, 11) is -0.277.